The number of rotatable bonds is 4. The van der Waals surface area contributed by atoms with E-state index >= 15 is 0 Å². The Balaban J connectivity index is 1.81. The van der Waals surface area contributed by atoms with Gasteiger partial charge in [-0.3, -0.25) is 4.79 Å². The van der Waals surface area contributed by atoms with E-state index in [1.54, 1.807) is 0 Å². The van der Waals surface area contributed by atoms with E-state index in [0.29, 0.717) is 12.1 Å². The quantitative estimate of drug-likeness (QED) is 0.423. The van der Waals surface area contributed by atoms with Crippen LogP contribution in [0.15, 0.2) is 60.7 Å². The van der Waals surface area contributed by atoms with Crippen LogP contribution >= 0.6 is 0 Å². The summed E-state index contributed by atoms with van der Waals surface area (Å²) in [6.45, 7) is 0. The highest BCUT2D eigenvalue weighted by molar-refractivity contribution is 6.04. The van der Waals surface area contributed by atoms with Gasteiger partial charge in [-0.05, 0) is 54.6 Å². The molecule has 0 bridgehead atoms. The summed E-state index contributed by atoms with van der Waals surface area (Å²) in [5.41, 5.74) is -3.86. The molecule has 32 heavy (non-hydrogen) atoms. The van der Waals surface area contributed by atoms with Gasteiger partial charge in [0.1, 0.15) is 28.7 Å². The van der Waals surface area contributed by atoms with Crippen molar-refractivity contribution in [3.63, 3.8) is 0 Å². The molecule has 0 fully saturated rings. The molecule has 0 atom stereocenters. The largest absolute Gasteiger partial charge is 0.457 e. The minimum atomic E-state index is -5.03. The van der Waals surface area contributed by atoms with Crippen LogP contribution in [0.1, 0.15) is 21.5 Å². The topological polar surface area (TPSA) is 38.3 Å². The maximum Gasteiger partial charge on any atom is 0.416 e. The number of hydrogen-bond acceptors (Lipinski definition) is 2. The third kappa shape index (κ3) is 5.34. The summed E-state index contributed by atoms with van der Waals surface area (Å²) in [5.74, 6) is -4.13. The molecule has 0 aliphatic rings. The van der Waals surface area contributed by atoms with Crippen molar-refractivity contribution in [2.24, 2.45) is 0 Å². The van der Waals surface area contributed by atoms with E-state index in [2.05, 4.69) is 5.32 Å². The number of benzene rings is 3. The van der Waals surface area contributed by atoms with Gasteiger partial charge in [-0.2, -0.15) is 26.3 Å². The van der Waals surface area contributed by atoms with Crippen LogP contribution in [-0.4, -0.2) is 5.91 Å². The van der Waals surface area contributed by atoms with E-state index < -0.39 is 52.3 Å². The lowest BCUT2D eigenvalue weighted by atomic mass is 10.1. The van der Waals surface area contributed by atoms with E-state index in [0.717, 1.165) is 30.3 Å². The number of anilines is 1. The number of hydrogen-bond donors (Lipinski definition) is 1. The Hall–Kier alpha value is -3.63. The van der Waals surface area contributed by atoms with Crippen molar-refractivity contribution in [1.82, 2.24) is 0 Å². The molecule has 3 aromatic rings. The van der Waals surface area contributed by atoms with Crippen LogP contribution in [-0.2, 0) is 12.4 Å². The molecule has 3 rings (SSSR count). The molecular weight excluding hydrogens is 450 g/mol. The minimum Gasteiger partial charge on any atom is -0.457 e. The average Bonchev–Trinajstić information content (AvgIpc) is 2.68. The van der Waals surface area contributed by atoms with E-state index in [1.807, 2.05) is 0 Å². The molecule has 3 nitrogen and oxygen atoms in total. The smallest absolute Gasteiger partial charge is 0.416 e. The molecule has 0 spiro atoms. The van der Waals surface area contributed by atoms with Crippen molar-refractivity contribution in [3.8, 4) is 11.5 Å². The molecule has 0 heterocycles. The lowest BCUT2D eigenvalue weighted by Gasteiger charge is -2.15. The molecule has 0 aliphatic heterocycles. The van der Waals surface area contributed by atoms with E-state index in [1.165, 1.54) is 12.1 Å². The highest BCUT2D eigenvalue weighted by Crippen LogP contribution is 2.39. The number of amides is 1. The van der Waals surface area contributed by atoms with Gasteiger partial charge in [-0.1, -0.05) is 6.07 Å². The fourth-order valence-electron chi connectivity index (χ4n) is 2.64. The van der Waals surface area contributed by atoms with Crippen LogP contribution in [0.3, 0.4) is 0 Å². The zero-order valence-corrected chi connectivity index (χ0v) is 15.6. The average molecular weight is 461 g/mol. The number of alkyl halides is 6. The Bertz CT molecular complexity index is 1090. The molecular formula is C21H11F8NO2. The number of ether oxygens (including phenoxy) is 1. The van der Waals surface area contributed by atoms with Crippen LogP contribution in [0, 0.1) is 11.6 Å². The van der Waals surface area contributed by atoms with Crippen molar-refractivity contribution in [2.75, 3.05) is 5.32 Å². The first-order valence-corrected chi connectivity index (χ1v) is 8.67. The molecule has 0 aromatic heterocycles. The Morgan fingerprint density at radius 2 is 1.22 bits per heavy atom. The summed E-state index contributed by atoms with van der Waals surface area (Å²) in [5, 5.41) is 2.22. The summed E-state index contributed by atoms with van der Waals surface area (Å²) in [6, 6.07) is 8.28. The molecule has 1 N–H and O–H groups in total. The lowest BCUT2D eigenvalue weighted by molar-refractivity contribution is -0.143. The second-order valence-electron chi connectivity index (χ2n) is 6.42. The SMILES string of the molecule is O=C(Nc1ccc(Oc2cc(C(F)(F)F)cc(C(F)(F)F)c2)cc1)c1c(F)cccc1F. The van der Waals surface area contributed by atoms with Crippen LogP contribution < -0.4 is 10.1 Å². The molecule has 0 unspecified atom stereocenters. The van der Waals surface area contributed by atoms with Crippen molar-refractivity contribution in [3.05, 3.63) is 89.0 Å². The van der Waals surface area contributed by atoms with Gasteiger partial charge in [0.15, 0.2) is 0 Å². The van der Waals surface area contributed by atoms with Crippen LogP contribution in [0.25, 0.3) is 0 Å². The van der Waals surface area contributed by atoms with E-state index in [4.69, 9.17) is 4.74 Å². The highest BCUT2D eigenvalue weighted by Gasteiger charge is 2.37. The zero-order valence-electron chi connectivity index (χ0n) is 15.6. The van der Waals surface area contributed by atoms with Gasteiger partial charge in [0.25, 0.3) is 5.91 Å². The second kappa shape index (κ2) is 8.48. The molecule has 11 heteroatoms. The van der Waals surface area contributed by atoms with Gasteiger partial charge in [0.2, 0.25) is 0 Å². The minimum absolute atomic E-state index is 0.0344. The van der Waals surface area contributed by atoms with Gasteiger partial charge < -0.3 is 10.1 Å². The van der Waals surface area contributed by atoms with Crippen molar-refractivity contribution >= 4 is 11.6 Å². The summed E-state index contributed by atoms with van der Waals surface area (Å²) in [7, 11) is 0. The summed E-state index contributed by atoms with van der Waals surface area (Å²) < 4.78 is 110. The standard InChI is InChI=1S/C21H11F8NO2/c22-16-2-1-3-17(23)18(16)19(31)30-13-4-6-14(7-5-13)32-15-9-11(20(24,25)26)8-12(10-15)21(27,28)29/h1-10H,(H,30,31). The number of carbonyl (C=O) groups is 1. The van der Waals surface area contributed by atoms with Crippen molar-refractivity contribution < 1.29 is 44.7 Å². The summed E-state index contributed by atoms with van der Waals surface area (Å²) in [4.78, 5) is 12.1. The monoisotopic (exact) mass is 461 g/mol. The molecule has 168 valence electrons. The molecule has 0 saturated heterocycles. The van der Waals surface area contributed by atoms with E-state index in [9.17, 15) is 39.9 Å². The summed E-state index contributed by atoms with van der Waals surface area (Å²) in [6.07, 6.45) is -10.1. The number of halogens is 8. The van der Waals surface area contributed by atoms with Gasteiger partial charge >= 0.3 is 12.4 Å². The fraction of sp³-hybridized carbons (Fsp3) is 0.0952. The molecule has 0 radical (unpaired) electrons. The van der Waals surface area contributed by atoms with Crippen molar-refractivity contribution in [2.45, 2.75) is 12.4 Å². The first-order valence-electron chi connectivity index (χ1n) is 8.67. The van der Waals surface area contributed by atoms with Crippen LogP contribution in [0.4, 0.5) is 40.8 Å². The first-order chi connectivity index (χ1) is 14.8. The first kappa shape index (κ1) is 23.0. The van der Waals surface area contributed by atoms with Gasteiger partial charge in [0.05, 0.1) is 11.1 Å². The van der Waals surface area contributed by atoms with Gasteiger partial charge in [-0.15, -0.1) is 0 Å². The fourth-order valence-corrected chi connectivity index (χ4v) is 2.64. The lowest BCUT2D eigenvalue weighted by Crippen LogP contribution is -2.15. The van der Waals surface area contributed by atoms with E-state index in [-0.39, 0.29) is 17.5 Å². The van der Waals surface area contributed by atoms with Crippen LogP contribution in [0.5, 0.6) is 11.5 Å². The number of nitrogens with one attached hydrogen (secondary N) is 1. The van der Waals surface area contributed by atoms with Crippen molar-refractivity contribution in [1.29, 1.82) is 0 Å². The maximum absolute atomic E-state index is 13.7. The molecule has 0 saturated carbocycles. The third-order valence-corrected chi connectivity index (χ3v) is 4.10. The third-order valence-electron chi connectivity index (χ3n) is 4.10. The normalized spacial score (nSPS) is 11.9. The second-order valence-corrected chi connectivity index (χ2v) is 6.42. The Labute approximate surface area is 175 Å². The van der Waals surface area contributed by atoms with Gasteiger partial charge in [0, 0.05) is 5.69 Å². The maximum atomic E-state index is 13.7. The molecule has 3 aromatic carbocycles. The Morgan fingerprint density at radius 1 is 0.719 bits per heavy atom. The number of carbonyl (C=O) groups excluding carboxylic acids is 1. The molecule has 0 aliphatic carbocycles. The highest BCUT2D eigenvalue weighted by atomic mass is 19.4. The predicted molar refractivity (Wildman–Crippen MR) is 97.3 cm³/mol. The van der Waals surface area contributed by atoms with Gasteiger partial charge in [-0.25, -0.2) is 8.78 Å². The zero-order chi connectivity index (χ0) is 23.7. The Kier molecular flexibility index (Phi) is 6.11. The molecule has 1 amide bonds. The summed E-state index contributed by atoms with van der Waals surface area (Å²) >= 11 is 0. The van der Waals surface area contributed by atoms with Crippen LogP contribution in [0.2, 0.25) is 0 Å². The predicted octanol–water partition coefficient (Wildman–Crippen LogP) is 7.05. The Morgan fingerprint density at radius 3 is 1.69 bits per heavy atom.